The largest absolute Gasteiger partial charge is 0.339 e. The average Bonchev–Trinajstić information content (AvgIpc) is 3.12. The van der Waals surface area contributed by atoms with Gasteiger partial charge in [-0.15, -0.1) is 0 Å². The molecule has 0 amide bonds. The number of aromatic amines is 1. The van der Waals surface area contributed by atoms with Crippen LogP contribution in [0.15, 0.2) is 70.5 Å². The highest BCUT2D eigenvalue weighted by Gasteiger charge is 2.20. The Morgan fingerprint density at radius 1 is 1.08 bits per heavy atom. The van der Waals surface area contributed by atoms with Gasteiger partial charge in [-0.3, -0.25) is 9.36 Å². The van der Waals surface area contributed by atoms with Gasteiger partial charge in [-0.1, -0.05) is 48.0 Å². The van der Waals surface area contributed by atoms with E-state index in [4.69, 9.17) is 11.6 Å². The maximum Gasteiger partial charge on any atom is 0.337 e. The Bertz CT molecular complexity index is 1210. The molecule has 0 saturated heterocycles. The third kappa shape index (κ3) is 2.55. The SMILES string of the molecule is CC(c1ccccc1)n1c(=O)c2[nH]cnc2n(-c2cccc(Cl)c2)c1=O. The standard InChI is InChI=1S/C19H15ClN4O2/c1-12(13-6-3-2-4-7-13)23-18(25)16-17(22-11-21-16)24(19(23)26)15-9-5-8-14(20)10-15/h2-12H,1H3,(H,21,22). The van der Waals surface area contributed by atoms with Crippen molar-refractivity contribution < 1.29 is 0 Å². The summed E-state index contributed by atoms with van der Waals surface area (Å²) in [4.78, 5) is 33.2. The van der Waals surface area contributed by atoms with Crippen molar-refractivity contribution in [3.8, 4) is 5.69 Å². The third-order valence-corrected chi connectivity index (χ3v) is 4.63. The minimum atomic E-state index is -0.465. The second-order valence-corrected chi connectivity index (χ2v) is 6.40. The van der Waals surface area contributed by atoms with Gasteiger partial charge >= 0.3 is 5.69 Å². The lowest BCUT2D eigenvalue weighted by Gasteiger charge is -2.17. The number of hydrogen-bond acceptors (Lipinski definition) is 3. The van der Waals surface area contributed by atoms with E-state index in [-0.39, 0.29) is 11.2 Å². The highest BCUT2D eigenvalue weighted by molar-refractivity contribution is 6.30. The second-order valence-electron chi connectivity index (χ2n) is 5.96. The molecule has 0 spiro atoms. The first-order valence-electron chi connectivity index (χ1n) is 8.09. The van der Waals surface area contributed by atoms with E-state index in [0.717, 1.165) is 5.56 Å². The molecule has 1 atom stereocenters. The summed E-state index contributed by atoms with van der Waals surface area (Å²) in [5, 5.41) is 0.493. The monoisotopic (exact) mass is 366 g/mol. The summed E-state index contributed by atoms with van der Waals surface area (Å²) in [5.41, 5.74) is 1.09. The van der Waals surface area contributed by atoms with Gasteiger partial charge < -0.3 is 4.98 Å². The van der Waals surface area contributed by atoms with Gasteiger partial charge in [0, 0.05) is 5.02 Å². The van der Waals surface area contributed by atoms with Crippen molar-refractivity contribution >= 4 is 22.8 Å². The van der Waals surface area contributed by atoms with E-state index in [1.54, 1.807) is 24.3 Å². The molecule has 26 heavy (non-hydrogen) atoms. The van der Waals surface area contributed by atoms with Gasteiger partial charge in [-0.25, -0.2) is 14.3 Å². The van der Waals surface area contributed by atoms with Crippen molar-refractivity contribution in [3.05, 3.63) is 92.3 Å². The van der Waals surface area contributed by atoms with Crippen LogP contribution in [0.5, 0.6) is 0 Å². The maximum absolute atomic E-state index is 13.3. The number of benzene rings is 2. The lowest BCUT2D eigenvalue weighted by Crippen LogP contribution is -2.41. The van der Waals surface area contributed by atoms with Gasteiger partial charge in [0.05, 0.1) is 18.1 Å². The molecule has 2 heterocycles. The summed E-state index contributed by atoms with van der Waals surface area (Å²) in [6.45, 7) is 1.82. The molecular formula is C19H15ClN4O2. The van der Waals surface area contributed by atoms with E-state index in [0.29, 0.717) is 10.7 Å². The smallest absolute Gasteiger partial charge is 0.337 e. The van der Waals surface area contributed by atoms with Crippen molar-refractivity contribution in [2.45, 2.75) is 13.0 Å². The van der Waals surface area contributed by atoms with Crippen molar-refractivity contribution in [3.63, 3.8) is 0 Å². The molecule has 0 saturated carbocycles. The first-order chi connectivity index (χ1) is 12.6. The summed E-state index contributed by atoms with van der Waals surface area (Å²) in [7, 11) is 0. The topological polar surface area (TPSA) is 72.7 Å². The molecule has 7 heteroatoms. The molecule has 6 nitrogen and oxygen atoms in total. The Kier molecular flexibility index (Phi) is 3.97. The maximum atomic E-state index is 13.3. The van der Waals surface area contributed by atoms with E-state index in [2.05, 4.69) is 9.97 Å². The zero-order valence-corrected chi connectivity index (χ0v) is 14.6. The van der Waals surface area contributed by atoms with E-state index in [9.17, 15) is 9.59 Å². The Morgan fingerprint density at radius 2 is 1.85 bits per heavy atom. The Balaban J connectivity index is 2.07. The number of fused-ring (bicyclic) bond motifs is 1. The van der Waals surface area contributed by atoms with Crippen LogP contribution in [0.2, 0.25) is 5.02 Å². The predicted octanol–water partition coefficient (Wildman–Crippen LogP) is 3.14. The van der Waals surface area contributed by atoms with Gasteiger partial charge in [0.2, 0.25) is 0 Å². The number of H-pyrrole nitrogens is 1. The normalized spacial score (nSPS) is 12.4. The molecule has 1 N–H and O–H groups in total. The molecule has 4 aromatic rings. The van der Waals surface area contributed by atoms with Crippen LogP contribution in [-0.4, -0.2) is 19.1 Å². The molecule has 4 rings (SSSR count). The highest BCUT2D eigenvalue weighted by atomic mass is 35.5. The molecule has 0 aliphatic carbocycles. The quantitative estimate of drug-likeness (QED) is 0.605. The first kappa shape index (κ1) is 16.4. The molecule has 0 aliphatic rings. The van der Waals surface area contributed by atoms with Crippen LogP contribution in [0.3, 0.4) is 0 Å². The van der Waals surface area contributed by atoms with Crippen LogP contribution < -0.4 is 11.2 Å². The number of nitrogens with zero attached hydrogens (tertiary/aromatic N) is 3. The number of imidazole rings is 1. The fourth-order valence-electron chi connectivity index (χ4n) is 3.09. The zero-order valence-electron chi connectivity index (χ0n) is 13.9. The predicted molar refractivity (Wildman–Crippen MR) is 101 cm³/mol. The number of aromatic nitrogens is 4. The molecule has 2 aromatic heterocycles. The minimum Gasteiger partial charge on any atom is -0.339 e. The lowest BCUT2D eigenvalue weighted by atomic mass is 10.1. The molecule has 0 radical (unpaired) electrons. The first-order valence-corrected chi connectivity index (χ1v) is 8.47. The van der Waals surface area contributed by atoms with Crippen LogP contribution in [0.4, 0.5) is 0 Å². The van der Waals surface area contributed by atoms with Gasteiger partial charge in [-0.05, 0) is 30.7 Å². The molecule has 2 aromatic carbocycles. The number of halogens is 1. The molecule has 1 unspecified atom stereocenters. The van der Waals surface area contributed by atoms with E-state index in [1.165, 1.54) is 15.5 Å². The number of rotatable bonds is 3. The molecule has 0 aliphatic heterocycles. The number of hydrogen-bond donors (Lipinski definition) is 1. The van der Waals surface area contributed by atoms with E-state index >= 15 is 0 Å². The lowest BCUT2D eigenvalue weighted by molar-refractivity contribution is 0.571. The Morgan fingerprint density at radius 3 is 2.58 bits per heavy atom. The van der Waals surface area contributed by atoms with Crippen LogP contribution >= 0.6 is 11.6 Å². The van der Waals surface area contributed by atoms with Crippen LogP contribution in [0, 0.1) is 0 Å². The van der Waals surface area contributed by atoms with Crippen molar-refractivity contribution in [1.29, 1.82) is 0 Å². The summed E-state index contributed by atoms with van der Waals surface area (Å²) < 4.78 is 2.63. The summed E-state index contributed by atoms with van der Waals surface area (Å²) in [5.74, 6) is 0. The highest BCUT2D eigenvalue weighted by Crippen LogP contribution is 2.18. The second kappa shape index (κ2) is 6.31. The zero-order chi connectivity index (χ0) is 18.3. The minimum absolute atomic E-state index is 0.271. The van der Waals surface area contributed by atoms with Crippen molar-refractivity contribution in [2.24, 2.45) is 0 Å². The van der Waals surface area contributed by atoms with Gasteiger partial charge in [0.25, 0.3) is 5.56 Å². The van der Waals surface area contributed by atoms with Crippen LogP contribution in [0.1, 0.15) is 18.5 Å². The van der Waals surface area contributed by atoms with Gasteiger partial charge in [0.1, 0.15) is 5.52 Å². The van der Waals surface area contributed by atoms with Crippen LogP contribution in [0.25, 0.3) is 16.9 Å². The Labute approximate surface area is 153 Å². The fourth-order valence-corrected chi connectivity index (χ4v) is 3.27. The molecular weight excluding hydrogens is 352 g/mol. The molecule has 0 bridgehead atoms. The van der Waals surface area contributed by atoms with Crippen molar-refractivity contribution in [1.82, 2.24) is 19.1 Å². The van der Waals surface area contributed by atoms with Gasteiger partial charge in [0.15, 0.2) is 5.65 Å². The fraction of sp³-hybridized carbons (Fsp3) is 0.105. The summed E-state index contributed by atoms with van der Waals surface area (Å²) >= 11 is 6.09. The van der Waals surface area contributed by atoms with Gasteiger partial charge in [-0.2, -0.15) is 0 Å². The van der Waals surface area contributed by atoms with E-state index in [1.807, 2.05) is 37.3 Å². The average molecular weight is 367 g/mol. The van der Waals surface area contributed by atoms with E-state index < -0.39 is 17.3 Å². The van der Waals surface area contributed by atoms with Crippen molar-refractivity contribution in [2.75, 3.05) is 0 Å². The molecule has 130 valence electrons. The Hall–Kier alpha value is -3.12. The summed E-state index contributed by atoms with van der Waals surface area (Å²) in [6, 6.07) is 15.9. The third-order valence-electron chi connectivity index (χ3n) is 4.40. The number of nitrogens with one attached hydrogen (secondary N) is 1. The summed E-state index contributed by atoms with van der Waals surface area (Å²) in [6.07, 6.45) is 1.41. The van der Waals surface area contributed by atoms with Crippen LogP contribution in [-0.2, 0) is 0 Å². The molecule has 0 fully saturated rings.